The molecule has 0 N–H and O–H groups in total. The number of halogens is 3. The average Bonchev–Trinajstić information content (AvgIpc) is 1.41. The molecule has 0 aliphatic heterocycles. The Morgan fingerprint density at radius 2 is 1.00 bits per heavy atom. The molecule has 0 unspecified atom stereocenters. The van der Waals surface area contributed by atoms with Crippen LogP contribution in [0.15, 0.2) is 13.2 Å². The highest BCUT2D eigenvalue weighted by Gasteiger charge is 1.82. The molecule has 0 radical (unpaired) electrons. The van der Waals surface area contributed by atoms with Crippen molar-refractivity contribution >= 4 is 50.5 Å². The summed E-state index contributed by atoms with van der Waals surface area (Å²) in [5.74, 6) is 0. The predicted molar refractivity (Wildman–Crippen MR) is 45.2 cm³/mol. The van der Waals surface area contributed by atoms with Gasteiger partial charge in [-0.15, -0.1) is 59.0 Å². The van der Waals surface area contributed by atoms with Crippen LogP contribution in [0.5, 0.6) is 0 Å². The summed E-state index contributed by atoms with van der Waals surface area (Å²) >= 11 is 9.73. The predicted octanol–water partition coefficient (Wildman–Crippen LogP) is 2.69. The molecule has 0 spiro atoms. The molecular formula is C2H5Br3Si. The van der Waals surface area contributed by atoms with E-state index in [0.29, 0.717) is 0 Å². The van der Waals surface area contributed by atoms with Crippen LogP contribution in [-0.4, -0.2) is 4.65 Å². The zero-order valence-electron chi connectivity index (χ0n) is 3.13. The van der Waals surface area contributed by atoms with Gasteiger partial charge < -0.3 is 0 Å². The van der Waals surface area contributed by atoms with Crippen LogP contribution in [0.1, 0.15) is 0 Å². The van der Waals surface area contributed by atoms with Gasteiger partial charge in [0.25, 0.3) is 4.65 Å². The first-order valence-corrected chi connectivity index (χ1v) is 10.7. The summed E-state index contributed by atoms with van der Waals surface area (Å²) in [6.07, 6.45) is 0. The minimum Gasteiger partial charge on any atom is -0.106 e. The van der Waals surface area contributed by atoms with Crippen LogP contribution in [-0.2, 0) is 0 Å². The lowest BCUT2D eigenvalue weighted by atomic mass is 11.3. The van der Waals surface area contributed by atoms with Gasteiger partial charge in [0.1, 0.15) is 0 Å². The van der Waals surface area contributed by atoms with E-state index in [2.05, 4.69) is 59.0 Å². The molecule has 6 heavy (non-hydrogen) atoms. The molecule has 0 aromatic rings. The minimum atomic E-state index is -0.701. The Labute approximate surface area is 63.3 Å². The van der Waals surface area contributed by atoms with Crippen molar-refractivity contribution < 1.29 is 0 Å². The van der Waals surface area contributed by atoms with E-state index in [9.17, 15) is 0 Å². The molecule has 0 saturated carbocycles. The zero-order chi connectivity index (χ0) is 5.58. The monoisotopic (exact) mass is 294 g/mol. The number of hydrogen-bond acceptors (Lipinski definition) is 0. The van der Waals surface area contributed by atoms with Crippen LogP contribution >= 0.6 is 45.9 Å². The standard InChI is InChI=1S/C2H4.Br3HSi/c1-2;1-4(2)3/h1-2H2;4H. The maximum atomic E-state index is 3.24. The van der Waals surface area contributed by atoms with Gasteiger partial charge in [0.05, 0.1) is 0 Å². The van der Waals surface area contributed by atoms with E-state index in [1.54, 1.807) is 0 Å². The largest absolute Gasteiger partial charge is 0.253 e. The molecule has 0 aliphatic carbocycles. The van der Waals surface area contributed by atoms with Crippen LogP contribution in [0.4, 0.5) is 0 Å². The second-order valence-corrected chi connectivity index (χ2v) is 20.0. The Hall–Kier alpha value is 1.40. The van der Waals surface area contributed by atoms with E-state index in [1.807, 2.05) is 0 Å². The second kappa shape index (κ2) is 9.64. The van der Waals surface area contributed by atoms with Crippen molar-refractivity contribution in [2.45, 2.75) is 0 Å². The summed E-state index contributed by atoms with van der Waals surface area (Å²) in [5, 5.41) is 0. The molecule has 0 bridgehead atoms. The normalized spacial score (nSPS) is 6.67. The maximum absolute atomic E-state index is 3.24. The van der Waals surface area contributed by atoms with Crippen molar-refractivity contribution in [1.82, 2.24) is 0 Å². The highest BCUT2D eigenvalue weighted by atomic mass is 80.0. The van der Waals surface area contributed by atoms with Crippen LogP contribution in [0, 0.1) is 0 Å². The van der Waals surface area contributed by atoms with E-state index in [1.165, 1.54) is 0 Å². The van der Waals surface area contributed by atoms with Crippen LogP contribution in [0.2, 0.25) is 0 Å². The molecule has 0 aliphatic rings. The maximum Gasteiger partial charge on any atom is 0.253 e. The lowest BCUT2D eigenvalue weighted by molar-refractivity contribution is 2.81. The summed E-state index contributed by atoms with van der Waals surface area (Å²) in [6, 6.07) is 0. The van der Waals surface area contributed by atoms with Crippen molar-refractivity contribution in [3.05, 3.63) is 13.2 Å². The lowest BCUT2D eigenvalue weighted by Crippen LogP contribution is -1.60. The van der Waals surface area contributed by atoms with Crippen LogP contribution < -0.4 is 0 Å². The number of hydrogen-bond donors (Lipinski definition) is 0. The highest BCUT2D eigenvalue weighted by Crippen LogP contribution is 2.07. The van der Waals surface area contributed by atoms with E-state index < -0.39 is 4.65 Å². The van der Waals surface area contributed by atoms with Crippen molar-refractivity contribution in [2.24, 2.45) is 0 Å². The average molecular weight is 297 g/mol. The molecule has 38 valence electrons. The van der Waals surface area contributed by atoms with Gasteiger partial charge in [-0.1, -0.05) is 0 Å². The zero-order valence-corrected chi connectivity index (χ0v) is 9.04. The molecule has 0 rings (SSSR count). The lowest BCUT2D eigenvalue weighted by Gasteiger charge is -1.66. The molecular weight excluding hydrogens is 292 g/mol. The molecule has 0 heterocycles. The minimum absolute atomic E-state index is 0.701. The molecule has 4 heteroatoms. The Bertz CT molecular complexity index is 20.0. The molecule has 0 nitrogen and oxygen atoms in total. The summed E-state index contributed by atoms with van der Waals surface area (Å²) in [4.78, 5) is 0. The molecule has 0 aromatic carbocycles. The molecule has 0 amide bonds. The Kier molecular flexibility index (Phi) is 16.7. The summed E-state index contributed by atoms with van der Waals surface area (Å²) in [7, 11) is 0. The van der Waals surface area contributed by atoms with Gasteiger partial charge in [0.2, 0.25) is 0 Å². The molecule has 0 saturated heterocycles. The first-order valence-electron chi connectivity index (χ1n) is 1.15. The van der Waals surface area contributed by atoms with Gasteiger partial charge in [0.15, 0.2) is 0 Å². The highest BCUT2D eigenvalue weighted by molar-refractivity contribution is 9.69. The Balaban J connectivity index is 0. The summed E-state index contributed by atoms with van der Waals surface area (Å²) in [5.41, 5.74) is 0. The first kappa shape index (κ1) is 10.4. The van der Waals surface area contributed by atoms with Gasteiger partial charge >= 0.3 is 0 Å². The fourth-order valence-electron chi connectivity index (χ4n) is 0. The van der Waals surface area contributed by atoms with Crippen molar-refractivity contribution in [2.75, 3.05) is 0 Å². The van der Waals surface area contributed by atoms with Gasteiger partial charge in [0, 0.05) is 0 Å². The molecule has 0 fully saturated rings. The molecule has 0 atom stereocenters. The second-order valence-electron chi connectivity index (χ2n) is 0.247. The van der Waals surface area contributed by atoms with E-state index in [-0.39, 0.29) is 0 Å². The smallest absolute Gasteiger partial charge is 0.106 e. The van der Waals surface area contributed by atoms with Crippen molar-refractivity contribution in [1.29, 1.82) is 0 Å². The SMILES string of the molecule is Br[SiH](Br)Br.C=C. The third kappa shape index (κ3) is 53.5. The third-order valence-corrected chi connectivity index (χ3v) is 0. The fraction of sp³-hybridized carbons (Fsp3) is 0. The van der Waals surface area contributed by atoms with E-state index >= 15 is 0 Å². The quantitative estimate of drug-likeness (QED) is 0.366. The summed E-state index contributed by atoms with van der Waals surface area (Å²) in [6.45, 7) is 6.00. The van der Waals surface area contributed by atoms with Crippen molar-refractivity contribution in [3.63, 3.8) is 0 Å². The van der Waals surface area contributed by atoms with Gasteiger partial charge in [-0.25, -0.2) is 0 Å². The Morgan fingerprint density at radius 1 is 1.00 bits per heavy atom. The number of rotatable bonds is 0. The third-order valence-electron chi connectivity index (χ3n) is 0. The van der Waals surface area contributed by atoms with Gasteiger partial charge in [-0.3, -0.25) is 0 Å². The van der Waals surface area contributed by atoms with E-state index in [0.717, 1.165) is 0 Å². The van der Waals surface area contributed by atoms with Crippen LogP contribution in [0.3, 0.4) is 0 Å². The topological polar surface area (TPSA) is 0 Å². The van der Waals surface area contributed by atoms with Gasteiger partial charge in [-0.2, -0.15) is 0 Å². The Morgan fingerprint density at radius 3 is 1.00 bits per heavy atom. The van der Waals surface area contributed by atoms with Crippen LogP contribution in [0.25, 0.3) is 0 Å². The summed E-state index contributed by atoms with van der Waals surface area (Å²) < 4.78 is -0.701. The first-order chi connectivity index (χ1) is 2.73. The molecule has 0 aromatic heterocycles. The van der Waals surface area contributed by atoms with Crippen molar-refractivity contribution in [3.8, 4) is 0 Å². The van der Waals surface area contributed by atoms with E-state index in [4.69, 9.17) is 0 Å². The fourth-order valence-corrected chi connectivity index (χ4v) is 0. The van der Waals surface area contributed by atoms with Gasteiger partial charge in [-0.05, 0) is 0 Å².